The summed E-state index contributed by atoms with van der Waals surface area (Å²) in [4.78, 5) is 14.8. The Morgan fingerprint density at radius 1 is 0.967 bits per heavy atom. The van der Waals surface area contributed by atoms with Crippen LogP contribution in [0.5, 0.6) is 0 Å². The summed E-state index contributed by atoms with van der Waals surface area (Å²) in [6, 6.07) is 19.0. The van der Waals surface area contributed by atoms with E-state index >= 15 is 0 Å². The molecule has 0 bridgehead atoms. The summed E-state index contributed by atoms with van der Waals surface area (Å²) >= 11 is 0. The highest BCUT2D eigenvalue weighted by atomic mass is 16.5. The topological polar surface area (TPSA) is 71.0 Å². The number of nitrogens with one attached hydrogen (secondary N) is 1. The van der Waals surface area contributed by atoms with Gasteiger partial charge in [0.25, 0.3) is 0 Å². The number of likely N-dealkylation sites (N-methyl/N-ethyl adjacent to an activating group) is 1. The number of rotatable bonds is 9. The third-order valence-corrected chi connectivity index (χ3v) is 5.52. The lowest BCUT2D eigenvalue weighted by atomic mass is 9.94. The van der Waals surface area contributed by atoms with Gasteiger partial charge < -0.3 is 24.8 Å². The molecule has 2 N–H and O–H groups in total. The Balaban J connectivity index is 1.71. The quantitative estimate of drug-likeness (QED) is 0.662. The van der Waals surface area contributed by atoms with Gasteiger partial charge in [-0.1, -0.05) is 60.7 Å². The van der Waals surface area contributed by atoms with Crippen molar-refractivity contribution in [1.29, 1.82) is 0 Å². The number of piperidine rings is 1. The Morgan fingerprint density at radius 3 is 2.03 bits per heavy atom. The second-order valence-corrected chi connectivity index (χ2v) is 7.48. The van der Waals surface area contributed by atoms with Crippen LogP contribution in [0.3, 0.4) is 0 Å². The largest absolute Gasteiger partial charge is 0.388 e. The molecule has 1 saturated heterocycles. The van der Waals surface area contributed by atoms with Gasteiger partial charge in [-0.15, -0.1) is 0 Å². The van der Waals surface area contributed by atoms with E-state index in [9.17, 15) is 9.90 Å². The summed E-state index contributed by atoms with van der Waals surface area (Å²) < 4.78 is 12.1. The maximum absolute atomic E-state index is 13.0. The number of hydrogen-bond donors (Lipinski definition) is 2. The van der Waals surface area contributed by atoms with Crippen LogP contribution in [0.1, 0.15) is 25.0 Å². The lowest BCUT2D eigenvalue weighted by Crippen LogP contribution is -2.65. The first kappa shape index (κ1) is 22.4. The van der Waals surface area contributed by atoms with E-state index in [-0.39, 0.29) is 5.91 Å². The van der Waals surface area contributed by atoms with Gasteiger partial charge in [0.2, 0.25) is 5.91 Å². The van der Waals surface area contributed by atoms with Crippen LogP contribution in [0, 0.1) is 0 Å². The number of hydrogen-bond acceptors (Lipinski definition) is 5. The minimum Gasteiger partial charge on any atom is -0.388 e. The normalized spacial score (nSPS) is 23.8. The van der Waals surface area contributed by atoms with Crippen molar-refractivity contribution in [2.75, 3.05) is 19.6 Å². The van der Waals surface area contributed by atoms with Crippen LogP contribution < -0.4 is 5.32 Å². The van der Waals surface area contributed by atoms with Crippen LogP contribution in [-0.2, 0) is 27.5 Å². The van der Waals surface area contributed by atoms with Crippen molar-refractivity contribution in [3.63, 3.8) is 0 Å². The number of nitrogens with zero attached hydrogens (tertiary/aromatic N) is 1. The number of aliphatic hydroxyl groups excluding tert-OH is 1. The average molecular weight is 413 g/mol. The average Bonchev–Trinajstić information content (AvgIpc) is 2.79. The number of aliphatic hydroxyl groups is 1. The highest BCUT2D eigenvalue weighted by Gasteiger charge is 2.44. The first-order valence-electron chi connectivity index (χ1n) is 10.6. The fourth-order valence-electron chi connectivity index (χ4n) is 3.75. The first-order valence-corrected chi connectivity index (χ1v) is 10.6. The zero-order valence-electron chi connectivity index (χ0n) is 17.7. The molecule has 0 saturated carbocycles. The van der Waals surface area contributed by atoms with Crippen LogP contribution in [0.4, 0.5) is 0 Å². The van der Waals surface area contributed by atoms with E-state index in [0.717, 1.165) is 11.1 Å². The highest BCUT2D eigenvalue weighted by Crippen LogP contribution is 2.21. The Hall–Kier alpha value is -2.25. The summed E-state index contributed by atoms with van der Waals surface area (Å²) in [6.07, 6.45) is -2.08. The number of benzene rings is 2. The molecule has 1 heterocycles. The minimum atomic E-state index is -0.914. The number of amides is 1. The SMILES string of the molecule is CCN(CC)C(=O)[C@H]1NC[C@@H](OCc2ccccc2)[C@@H](O)[C@@H]1OCc1ccccc1. The third kappa shape index (κ3) is 5.67. The standard InChI is InChI=1S/C24H32N2O4/c1-3-26(4-2)24(28)21-23(30-17-19-13-9-6-10-14-19)22(27)20(15-25-21)29-16-18-11-7-5-8-12-18/h5-14,20-23,25,27H,3-4,15-17H2,1-2H3/t20-,21+,22-,23-/m1/s1. The molecule has 1 amide bonds. The first-order chi connectivity index (χ1) is 14.6. The molecule has 162 valence electrons. The van der Waals surface area contributed by atoms with Gasteiger partial charge in [0.15, 0.2) is 0 Å². The van der Waals surface area contributed by atoms with E-state index in [1.165, 1.54) is 0 Å². The highest BCUT2D eigenvalue weighted by molar-refractivity contribution is 5.83. The molecule has 0 aliphatic carbocycles. The van der Waals surface area contributed by atoms with Crippen LogP contribution in [-0.4, -0.2) is 59.9 Å². The van der Waals surface area contributed by atoms with Gasteiger partial charge in [0.05, 0.1) is 19.3 Å². The third-order valence-electron chi connectivity index (χ3n) is 5.52. The molecule has 4 atom stereocenters. The van der Waals surface area contributed by atoms with Gasteiger partial charge in [-0.2, -0.15) is 0 Å². The van der Waals surface area contributed by atoms with Gasteiger partial charge in [-0.25, -0.2) is 0 Å². The van der Waals surface area contributed by atoms with Crippen molar-refractivity contribution >= 4 is 5.91 Å². The molecule has 6 heteroatoms. The lowest BCUT2D eigenvalue weighted by molar-refractivity contribution is -0.165. The molecule has 6 nitrogen and oxygen atoms in total. The molecular weight excluding hydrogens is 380 g/mol. The van der Waals surface area contributed by atoms with Crippen LogP contribution in [0.25, 0.3) is 0 Å². The van der Waals surface area contributed by atoms with Crippen molar-refractivity contribution in [2.45, 2.75) is 51.4 Å². The summed E-state index contributed by atoms with van der Waals surface area (Å²) in [7, 11) is 0. The molecule has 1 fully saturated rings. The van der Waals surface area contributed by atoms with Crippen LogP contribution >= 0.6 is 0 Å². The van der Waals surface area contributed by atoms with E-state index in [0.29, 0.717) is 32.8 Å². The zero-order valence-corrected chi connectivity index (χ0v) is 17.7. The second kappa shape index (κ2) is 11.2. The molecule has 0 spiro atoms. The van der Waals surface area contributed by atoms with E-state index in [1.807, 2.05) is 74.5 Å². The van der Waals surface area contributed by atoms with Gasteiger partial charge in [0.1, 0.15) is 18.2 Å². The molecular formula is C24H32N2O4. The predicted molar refractivity (Wildman–Crippen MR) is 116 cm³/mol. The van der Waals surface area contributed by atoms with E-state index in [1.54, 1.807) is 4.90 Å². The zero-order chi connectivity index (χ0) is 21.3. The second-order valence-electron chi connectivity index (χ2n) is 7.48. The number of carbonyl (C=O) groups excluding carboxylic acids is 1. The van der Waals surface area contributed by atoms with Crippen LogP contribution in [0.2, 0.25) is 0 Å². The monoisotopic (exact) mass is 412 g/mol. The van der Waals surface area contributed by atoms with Crippen molar-refractivity contribution < 1.29 is 19.4 Å². The Morgan fingerprint density at radius 2 is 1.50 bits per heavy atom. The summed E-state index contributed by atoms with van der Waals surface area (Å²) in [6.45, 7) is 6.23. The fraction of sp³-hybridized carbons (Fsp3) is 0.458. The number of carbonyl (C=O) groups is 1. The molecule has 30 heavy (non-hydrogen) atoms. The van der Waals surface area contributed by atoms with Gasteiger partial charge in [0, 0.05) is 19.6 Å². The molecule has 1 aliphatic heterocycles. The predicted octanol–water partition coefficient (Wildman–Crippen LogP) is 2.36. The van der Waals surface area contributed by atoms with Crippen molar-refractivity contribution in [2.24, 2.45) is 0 Å². The molecule has 2 aromatic carbocycles. The summed E-state index contributed by atoms with van der Waals surface area (Å²) in [5, 5.41) is 14.3. The van der Waals surface area contributed by atoms with Crippen molar-refractivity contribution in [3.05, 3.63) is 71.8 Å². The smallest absolute Gasteiger partial charge is 0.242 e. The molecule has 0 radical (unpaired) electrons. The van der Waals surface area contributed by atoms with Gasteiger partial charge in [-0.3, -0.25) is 4.79 Å². The fourth-order valence-corrected chi connectivity index (χ4v) is 3.75. The van der Waals surface area contributed by atoms with E-state index < -0.39 is 24.4 Å². The minimum absolute atomic E-state index is 0.0568. The molecule has 1 aliphatic rings. The van der Waals surface area contributed by atoms with Crippen LogP contribution in [0.15, 0.2) is 60.7 Å². The Bertz CT molecular complexity index is 767. The Labute approximate surface area is 178 Å². The van der Waals surface area contributed by atoms with E-state index in [2.05, 4.69) is 5.32 Å². The molecule has 2 aromatic rings. The number of ether oxygens (including phenoxy) is 2. The van der Waals surface area contributed by atoms with Gasteiger partial charge in [-0.05, 0) is 25.0 Å². The maximum atomic E-state index is 13.0. The maximum Gasteiger partial charge on any atom is 0.242 e. The van der Waals surface area contributed by atoms with E-state index in [4.69, 9.17) is 9.47 Å². The van der Waals surface area contributed by atoms with Crippen molar-refractivity contribution in [1.82, 2.24) is 10.2 Å². The molecule has 3 rings (SSSR count). The Kier molecular flexibility index (Phi) is 8.39. The summed E-state index contributed by atoms with van der Waals surface area (Å²) in [5.74, 6) is -0.0568. The molecule has 0 aromatic heterocycles. The van der Waals surface area contributed by atoms with Gasteiger partial charge >= 0.3 is 0 Å². The molecule has 0 unspecified atom stereocenters. The summed E-state index contributed by atoms with van der Waals surface area (Å²) in [5.41, 5.74) is 2.03. The van der Waals surface area contributed by atoms with Crippen molar-refractivity contribution in [3.8, 4) is 0 Å². The lowest BCUT2D eigenvalue weighted by Gasteiger charge is -2.41.